The van der Waals surface area contributed by atoms with Crippen molar-refractivity contribution in [3.63, 3.8) is 0 Å². The number of hydrogen-bond acceptors (Lipinski definition) is 6. The van der Waals surface area contributed by atoms with Crippen LogP contribution in [0.3, 0.4) is 0 Å². The van der Waals surface area contributed by atoms with Crippen LogP contribution < -0.4 is 14.9 Å². The van der Waals surface area contributed by atoms with Crippen LogP contribution in [0, 0.1) is 0 Å². The van der Waals surface area contributed by atoms with E-state index in [9.17, 15) is 14.7 Å². The molecule has 6 nitrogen and oxygen atoms in total. The molecular formula is C23H18Cl2N2O4S. The molecule has 0 bridgehead atoms. The zero-order valence-electron chi connectivity index (χ0n) is 17.1. The van der Waals surface area contributed by atoms with Crippen molar-refractivity contribution in [2.24, 2.45) is 4.99 Å². The molecule has 9 heteroatoms. The molecule has 0 fully saturated rings. The second kappa shape index (κ2) is 8.94. The summed E-state index contributed by atoms with van der Waals surface area (Å²) in [4.78, 5) is 31.2. The fraction of sp³-hybridized carbons (Fsp3) is 0.174. The lowest BCUT2D eigenvalue weighted by Crippen LogP contribution is -2.39. The maximum Gasteiger partial charge on any atom is 0.338 e. The normalized spacial score (nSPS) is 16.0. The summed E-state index contributed by atoms with van der Waals surface area (Å²) in [5, 5.41) is 11.1. The Morgan fingerprint density at radius 3 is 2.59 bits per heavy atom. The Hall–Kier alpha value is -2.87. The monoisotopic (exact) mass is 488 g/mol. The van der Waals surface area contributed by atoms with E-state index in [1.165, 1.54) is 22.0 Å². The van der Waals surface area contributed by atoms with Crippen LogP contribution in [0.4, 0.5) is 0 Å². The zero-order valence-corrected chi connectivity index (χ0v) is 19.5. The number of thiazole rings is 1. The molecule has 0 saturated heterocycles. The smallest absolute Gasteiger partial charge is 0.338 e. The molecule has 1 aliphatic heterocycles. The van der Waals surface area contributed by atoms with Crippen molar-refractivity contribution >= 4 is 46.6 Å². The van der Waals surface area contributed by atoms with Crippen molar-refractivity contribution in [2.75, 3.05) is 6.61 Å². The molecule has 4 rings (SSSR count). The van der Waals surface area contributed by atoms with Gasteiger partial charge in [-0.25, -0.2) is 9.79 Å². The van der Waals surface area contributed by atoms with Crippen LogP contribution >= 0.6 is 34.5 Å². The SMILES string of the molecule is CCOC(=O)C1=C(C)N=c2s/c(=C\c3cc(Cl)ccc3O)c(=O)n2[C@H]1c1ccc(Cl)cc1. The number of carbonyl (C=O) groups excluding carboxylic acids is 1. The van der Waals surface area contributed by atoms with Crippen molar-refractivity contribution < 1.29 is 14.6 Å². The van der Waals surface area contributed by atoms with Crippen LogP contribution in [0.15, 0.2) is 63.5 Å². The highest BCUT2D eigenvalue weighted by Gasteiger charge is 2.33. The van der Waals surface area contributed by atoms with Crippen LogP contribution in [-0.4, -0.2) is 22.2 Å². The van der Waals surface area contributed by atoms with Gasteiger partial charge in [-0.1, -0.05) is 46.7 Å². The van der Waals surface area contributed by atoms with E-state index in [1.807, 2.05) is 0 Å². The summed E-state index contributed by atoms with van der Waals surface area (Å²) in [5.41, 5.74) is 1.53. The Kier molecular flexibility index (Phi) is 6.24. The Labute approximate surface area is 197 Å². The summed E-state index contributed by atoms with van der Waals surface area (Å²) in [6, 6.07) is 10.8. The number of aromatic hydroxyl groups is 1. The van der Waals surface area contributed by atoms with Crippen LogP contribution in [0.25, 0.3) is 6.08 Å². The van der Waals surface area contributed by atoms with Gasteiger partial charge in [0.15, 0.2) is 4.80 Å². The summed E-state index contributed by atoms with van der Waals surface area (Å²) >= 11 is 13.3. The summed E-state index contributed by atoms with van der Waals surface area (Å²) in [5.74, 6) is -0.534. The lowest BCUT2D eigenvalue weighted by atomic mass is 9.96. The van der Waals surface area contributed by atoms with Crippen molar-refractivity contribution in [1.29, 1.82) is 0 Å². The number of esters is 1. The molecule has 3 aromatic rings. The van der Waals surface area contributed by atoms with E-state index in [0.29, 0.717) is 41.8 Å². The van der Waals surface area contributed by atoms with Gasteiger partial charge in [0, 0.05) is 15.6 Å². The summed E-state index contributed by atoms with van der Waals surface area (Å²) < 4.78 is 7.08. The number of phenolic OH excluding ortho intramolecular Hbond substituents is 1. The molecule has 1 aromatic heterocycles. The van der Waals surface area contributed by atoms with Gasteiger partial charge in [0.2, 0.25) is 0 Å². The summed E-state index contributed by atoms with van der Waals surface area (Å²) in [7, 11) is 0. The van der Waals surface area contributed by atoms with E-state index < -0.39 is 12.0 Å². The first-order chi connectivity index (χ1) is 15.3. The van der Waals surface area contributed by atoms with Gasteiger partial charge in [0.05, 0.1) is 28.5 Å². The number of rotatable bonds is 4. The van der Waals surface area contributed by atoms with E-state index in [2.05, 4.69) is 4.99 Å². The number of aromatic nitrogens is 1. The van der Waals surface area contributed by atoms with E-state index in [-0.39, 0.29) is 17.9 Å². The van der Waals surface area contributed by atoms with Crippen molar-refractivity contribution in [3.05, 3.63) is 94.6 Å². The third kappa shape index (κ3) is 4.11. The van der Waals surface area contributed by atoms with E-state index in [1.54, 1.807) is 56.3 Å². The number of hydrogen-bond donors (Lipinski definition) is 1. The number of phenols is 1. The molecule has 164 valence electrons. The quantitative estimate of drug-likeness (QED) is 0.566. The third-order valence-electron chi connectivity index (χ3n) is 4.98. The van der Waals surface area contributed by atoms with E-state index >= 15 is 0 Å². The van der Waals surface area contributed by atoms with Gasteiger partial charge in [0.25, 0.3) is 5.56 Å². The largest absolute Gasteiger partial charge is 0.507 e. The Morgan fingerprint density at radius 2 is 1.91 bits per heavy atom. The van der Waals surface area contributed by atoms with Crippen LogP contribution in [0.2, 0.25) is 10.0 Å². The first kappa shape index (κ1) is 22.3. The van der Waals surface area contributed by atoms with Gasteiger partial charge in [-0.2, -0.15) is 0 Å². The second-order valence-corrected chi connectivity index (χ2v) is 8.94. The average Bonchev–Trinajstić information content (AvgIpc) is 3.05. The summed E-state index contributed by atoms with van der Waals surface area (Å²) in [6.07, 6.45) is 1.56. The highest BCUT2D eigenvalue weighted by atomic mass is 35.5. The number of fused-ring (bicyclic) bond motifs is 1. The van der Waals surface area contributed by atoms with Crippen LogP contribution in [-0.2, 0) is 9.53 Å². The lowest BCUT2D eigenvalue weighted by molar-refractivity contribution is -0.139. The van der Waals surface area contributed by atoms with Gasteiger partial charge in [0.1, 0.15) is 5.75 Å². The second-order valence-electron chi connectivity index (χ2n) is 7.06. The zero-order chi connectivity index (χ0) is 23.0. The maximum atomic E-state index is 13.5. The topological polar surface area (TPSA) is 80.9 Å². The molecule has 0 spiro atoms. The Morgan fingerprint density at radius 1 is 1.22 bits per heavy atom. The van der Waals surface area contributed by atoms with E-state index in [0.717, 1.165) is 0 Å². The highest BCUT2D eigenvalue weighted by Crippen LogP contribution is 2.31. The summed E-state index contributed by atoms with van der Waals surface area (Å²) in [6.45, 7) is 3.63. The molecular weight excluding hydrogens is 471 g/mol. The van der Waals surface area contributed by atoms with Crippen molar-refractivity contribution in [1.82, 2.24) is 4.57 Å². The molecule has 32 heavy (non-hydrogen) atoms. The maximum absolute atomic E-state index is 13.5. The minimum Gasteiger partial charge on any atom is -0.507 e. The number of allylic oxidation sites excluding steroid dienone is 1. The van der Waals surface area contributed by atoms with Crippen LogP contribution in [0.1, 0.15) is 31.0 Å². The fourth-order valence-corrected chi connectivity index (χ4v) is 4.88. The molecule has 2 aromatic carbocycles. The third-order valence-corrected chi connectivity index (χ3v) is 6.45. The Balaban J connectivity index is 1.97. The number of benzene rings is 2. The van der Waals surface area contributed by atoms with Gasteiger partial charge >= 0.3 is 5.97 Å². The standard InChI is InChI=1S/C23H18Cl2N2O4S/c1-3-31-22(30)19-12(2)26-23-27(20(19)13-4-6-15(24)7-5-13)21(29)18(32-23)11-14-10-16(25)8-9-17(14)28/h4-11,20,28H,3H2,1-2H3/b18-11-/t20-/m0/s1. The molecule has 0 aliphatic carbocycles. The molecule has 0 saturated carbocycles. The first-order valence-corrected chi connectivity index (χ1v) is 11.3. The lowest BCUT2D eigenvalue weighted by Gasteiger charge is -2.24. The van der Waals surface area contributed by atoms with Crippen molar-refractivity contribution in [3.8, 4) is 5.75 Å². The van der Waals surface area contributed by atoms with Crippen molar-refractivity contribution in [2.45, 2.75) is 19.9 Å². The highest BCUT2D eigenvalue weighted by molar-refractivity contribution is 7.07. The van der Waals surface area contributed by atoms with Crippen LogP contribution in [0.5, 0.6) is 5.75 Å². The fourth-order valence-electron chi connectivity index (χ4n) is 3.53. The number of halogens is 2. The van der Waals surface area contributed by atoms with E-state index in [4.69, 9.17) is 27.9 Å². The Bertz CT molecular complexity index is 1420. The molecule has 1 atom stereocenters. The molecule has 1 aliphatic rings. The molecule has 0 radical (unpaired) electrons. The predicted molar refractivity (Wildman–Crippen MR) is 125 cm³/mol. The molecule has 0 unspecified atom stereocenters. The first-order valence-electron chi connectivity index (χ1n) is 9.73. The molecule has 2 heterocycles. The molecule has 0 amide bonds. The number of nitrogens with zero attached hydrogens (tertiary/aromatic N) is 2. The average molecular weight is 489 g/mol. The minimum absolute atomic E-state index is 0.00196. The molecule has 1 N–H and O–H groups in total. The minimum atomic E-state index is -0.724. The van der Waals surface area contributed by atoms with Gasteiger partial charge < -0.3 is 9.84 Å². The van der Waals surface area contributed by atoms with Gasteiger partial charge in [-0.05, 0) is 55.8 Å². The number of carbonyl (C=O) groups is 1. The predicted octanol–water partition coefficient (Wildman–Crippen LogP) is 3.81. The number of ether oxygens (including phenoxy) is 1. The van der Waals surface area contributed by atoms with Gasteiger partial charge in [-0.3, -0.25) is 9.36 Å². The van der Waals surface area contributed by atoms with Gasteiger partial charge in [-0.15, -0.1) is 0 Å².